The number of carbonyl (C=O) groups excluding carboxylic acids is 1. The van der Waals surface area contributed by atoms with E-state index >= 15 is 0 Å². The number of nitrogens with one attached hydrogen (secondary N) is 2. The van der Waals surface area contributed by atoms with E-state index < -0.39 is 16.1 Å². The Balaban J connectivity index is 1.49. The lowest BCUT2D eigenvalue weighted by molar-refractivity contribution is 0.135. The van der Waals surface area contributed by atoms with E-state index in [-0.39, 0.29) is 58.4 Å². The van der Waals surface area contributed by atoms with E-state index in [1.54, 1.807) is 42.5 Å². The maximum Gasteiger partial charge on any atom is 0.412 e. The third-order valence-corrected chi connectivity index (χ3v) is 8.71. The van der Waals surface area contributed by atoms with Crippen molar-refractivity contribution >= 4 is 39.1 Å². The molecule has 0 saturated carbocycles. The monoisotopic (exact) mass is 676 g/mol. The summed E-state index contributed by atoms with van der Waals surface area (Å²) in [7, 11) is -2.69. The van der Waals surface area contributed by atoms with Gasteiger partial charge in [0, 0.05) is 6.20 Å². The van der Waals surface area contributed by atoms with Gasteiger partial charge in [-0.3, -0.25) is 10.0 Å². The summed E-state index contributed by atoms with van der Waals surface area (Å²) >= 11 is 1.35. The second kappa shape index (κ2) is 14.4. The first-order chi connectivity index (χ1) is 22.5. The summed E-state index contributed by atoms with van der Waals surface area (Å²) in [5.74, 6) is 0.668. The molecule has 2 N–H and O–H groups in total. The number of methoxy groups -OCH3 is 1. The van der Waals surface area contributed by atoms with Crippen LogP contribution in [-0.4, -0.2) is 54.8 Å². The van der Waals surface area contributed by atoms with Crippen LogP contribution in [0.25, 0.3) is 10.7 Å². The van der Waals surface area contributed by atoms with E-state index in [0.717, 1.165) is 5.56 Å². The molecule has 0 aliphatic heterocycles. The lowest BCUT2D eigenvalue weighted by Gasteiger charge is -2.20. The summed E-state index contributed by atoms with van der Waals surface area (Å²) < 4.78 is 52.8. The number of carbonyl (C=O) groups is 1. The molecule has 15 heteroatoms. The van der Waals surface area contributed by atoms with Crippen LogP contribution in [0.2, 0.25) is 0 Å². The molecule has 244 valence electrons. The number of hydrogen-bond donors (Lipinski definition) is 2. The minimum atomic E-state index is -4.17. The lowest BCUT2D eigenvalue weighted by atomic mass is 9.87. The van der Waals surface area contributed by atoms with Crippen LogP contribution in [0.4, 0.5) is 16.4 Å². The molecule has 0 atom stereocenters. The summed E-state index contributed by atoms with van der Waals surface area (Å²) in [5.41, 5.74) is 0.808. The number of amides is 1. The van der Waals surface area contributed by atoms with Gasteiger partial charge >= 0.3 is 6.09 Å². The van der Waals surface area contributed by atoms with Crippen molar-refractivity contribution in [2.75, 3.05) is 30.4 Å². The fraction of sp³-hybridized carbons (Fsp3) is 0.219. The number of para-hydroxylation sites is 2. The number of hydrogen-bond acceptors (Lipinski definition) is 12. The van der Waals surface area contributed by atoms with Crippen molar-refractivity contribution in [3.05, 3.63) is 90.2 Å². The maximum absolute atomic E-state index is 13.7. The summed E-state index contributed by atoms with van der Waals surface area (Å²) in [6.45, 7) is 5.77. The number of thiophene rings is 1. The number of sulfonamides is 1. The van der Waals surface area contributed by atoms with Crippen LogP contribution in [0.5, 0.6) is 23.1 Å². The Morgan fingerprint density at radius 1 is 0.936 bits per heavy atom. The van der Waals surface area contributed by atoms with Crippen molar-refractivity contribution in [3.63, 3.8) is 0 Å². The van der Waals surface area contributed by atoms with Crippen LogP contribution >= 0.6 is 11.3 Å². The molecule has 13 nitrogen and oxygen atoms in total. The second-order valence-electron chi connectivity index (χ2n) is 10.8. The van der Waals surface area contributed by atoms with Crippen molar-refractivity contribution in [1.82, 2.24) is 19.9 Å². The van der Waals surface area contributed by atoms with Crippen molar-refractivity contribution in [2.24, 2.45) is 0 Å². The molecular weight excluding hydrogens is 645 g/mol. The Hall–Kier alpha value is -5.28. The molecule has 0 radical (unpaired) electrons. The molecule has 0 aliphatic rings. The van der Waals surface area contributed by atoms with Crippen molar-refractivity contribution < 1.29 is 32.2 Å². The molecule has 0 bridgehead atoms. The molecule has 0 saturated heterocycles. The molecule has 0 spiro atoms. The van der Waals surface area contributed by atoms with E-state index in [9.17, 15) is 13.2 Å². The quantitative estimate of drug-likeness (QED) is 0.138. The van der Waals surface area contributed by atoms with Gasteiger partial charge in [0.2, 0.25) is 5.75 Å². The van der Waals surface area contributed by atoms with Gasteiger partial charge < -0.3 is 18.9 Å². The van der Waals surface area contributed by atoms with Crippen LogP contribution in [0.1, 0.15) is 26.3 Å². The highest BCUT2D eigenvalue weighted by atomic mass is 32.2. The van der Waals surface area contributed by atoms with E-state index in [4.69, 9.17) is 18.9 Å². The highest BCUT2D eigenvalue weighted by molar-refractivity contribution is 7.92. The highest BCUT2D eigenvalue weighted by Crippen LogP contribution is 2.42. The Labute approximate surface area is 276 Å². The van der Waals surface area contributed by atoms with Gasteiger partial charge in [-0.2, -0.15) is 4.98 Å². The molecular formula is C32H32N6O7S2. The maximum atomic E-state index is 13.7. The molecule has 0 unspecified atom stereocenters. The Morgan fingerprint density at radius 3 is 2.36 bits per heavy atom. The van der Waals surface area contributed by atoms with E-state index in [1.165, 1.54) is 49.2 Å². The average molecular weight is 677 g/mol. The fourth-order valence-corrected chi connectivity index (χ4v) is 5.78. The summed E-state index contributed by atoms with van der Waals surface area (Å²) in [4.78, 5) is 29.7. The number of ether oxygens (including phenoxy) is 4. The van der Waals surface area contributed by atoms with Gasteiger partial charge in [-0.25, -0.2) is 28.2 Å². The predicted molar refractivity (Wildman–Crippen MR) is 177 cm³/mol. The summed E-state index contributed by atoms with van der Waals surface area (Å²) in [6.07, 6.45) is 2.00. The number of rotatable bonds is 12. The predicted octanol–water partition coefficient (Wildman–Crippen LogP) is 6.52. The van der Waals surface area contributed by atoms with E-state index in [2.05, 4.69) is 30.0 Å². The SMILES string of the molecule is COc1ccccc1Oc1c(NS(=O)(=O)c2ccc(C(C)(C)C)cc2)nc(-c2cccs2)nc1OCCOC(=O)Nc1ccncn1. The lowest BCUT2D eigenvalue weighted by Crippen LogP contribution is -2.19. The van der Waals surface area contributed by atoms with Crippen molar-refractivity contribution in [1.29, 1.82) is 0 Å². The molecule has 0 aliphatic carbocycles. The molecule has 3 aromatic heterocycles. The van der Waals surface area contributed by atoms with Crippen molar-refractivity contribution in [3.8, 4) is 33.8 Å². The van der Waals surface area contributed by atoms with Crippen LogP contribution in [0.3, 0.4) is 0 Å². The summed E-state index contributed by atoms with van der Waals surface area (Å²) in [6, 6.07) is 18.5. The zero-order valence-electron chi connectivity index (χ0n) is 26.0. The second-order valence-corrected chi connectivity index (χ2v) is 13.5. The summed E-state index contributed by atoms with van der Waals surface area (Å²) in [5, 5.41) is 4.32. The molecule has 5 aromatic rings. The third kappa shape index (κ3) is 8.51. The van der Waals surface area contributed by atoms with Gasteiger partial charge in [-0.05, 0) is 52.8 Å². The van der Waals surface area contributed by atoms with Crippen LogP contribution in [0, 0.1) is 0 Å². The van der Waals surface area contributed by atoms with Crippen molar-refractivity contribution in [2.45, 2.75) is 31.1 Å². The zero-order chi connectivity index (χ0) is 33.4. The Bertz CT molecular complexity index is 1920. The molecule has 2 aromatic carbocycles. The zero-order valence-corrected chi connectivity index (χ0v) is 27.6. The first-order valence-corrected chi connectivity index (χ1v) is 16.6. The molecule has 5 rings (SSSR count). The van der Waals surface area contributed by atoms with Gasteiger partial charge in [0.05, 0.1) is 16.9 Å². The normalized spacial score (nSPS) is 11.4. The van der Waals surface area contributed by atoms with Gasteiger partial charge in [0.15, 0.2) is 23.1 Å². The topological polar surface area (TPSA) is 164 Å². The molecule has 1 amide bonds. The number of aromatic nitrogens is 4. The Kier molecular flexibility index (Phi) is 10.2. The largest absolute Gasteiger partial charge is 0.493 e. The highest BCUT2D eigenvalue weighted by Gasteiger charge is 2.26. The van der Waals surface area contributed by atoms with Gasteiger partial charge in [0.1, 0.15) is 25.4 Å². The average Bonchev–Trinajstić information content (AvgIpc) is 3.60. The number of benzene rings is 2. The minimum Gasteiger partial charge on any atom is -0.493 e. The first-order valence-electron chi connectivity index (χ1n) is 14.3. The Morgan fingerprint density at radius 2 is 1.70 bits per heavy atom. The van der Waals surface area contributed by atoms with Gasteiger partial charge in [-0.15, -0.1) is 11.3 Å². The van der Waals surface area contributed by atoms with Gasteiger partial charge in [0.25, 0.3) is 15.9 Å². The standard InChI is InChI=1S/C32H32N6O7S2/c1-32(2,3)21-11-13-22(14-12-21)47(40,41)38-29-27(45-24-9-6-5-8-23(24)42-4)30(37-28(36-29)25-10-7-19-46-25)43-17-18-44-31(39)35-26-15-16-33-20-34-26/h5-16,19-20H,17-18H2,1-4H3,(H,36,37,38)(H,33,34,35,39). The van der Waals surface area contributed by atoms with E-state index in [1.807, 2.05) is 32.2 Å². The van der Waals surface area contributed by atoms with Gasteiger partial charge in [-0.1, -0.05) is 51.1 Å². The third-order valence-electron chi connectivity index (χ3n) is 6.49. The number of anilines is 2. The van der Waals surface area contributed by atoms with Crippen LogP contribution in [-0.2, 0) is 20.2 Å². The number of nitrogens with zero attached hydrogens (tertiary/aromatic N) is 4. The fourth-order valence-electron chi connectivity index (χ4n) is 4.12. The minimum absolute atomic E-state index is 0.0237. The molecule has 0 fully saturated rings. The smallest absolute Gasteiger partial charge is 0.412 e. The van der Waals surface area contributed by atoms with E-state index in [0.29, 0.717) is 10.6 Å². The molecule has 3 heterocycles. The van der Waals surface area contributed by atoms with Crippen LogP contribution < -0.4 is 24.2 Å². The first kappa shape index (κ1) is 33.1. The molecule has 47 heavy (non-hydrogen) atoms. The van der Waals surface area contributed by atoms with Crippen LogP contribution in [0.15, 0.2) is 89.5 Å².